The lowest BCUT2D eigenvalue weighted by Crippen LogP contribution is -2.30. The molecule has 138 valence electrons. The van der Waals surface area contributed by atoms with Crippen molar-refractivity contribution in [3.63, 3.8) is 0 Å². The average molecular weight is 366 g/mol. The Morgan fingerprint density at radius 2 is 2.15 bits per heavy atom. The summed E-state index contributed by atoms with van der Waals surface area (Å²) in [4.78, 5) is 25.0. The number of carbonyl (C=O) groups is 1. The van der Waals surface area contributed by atoms with E-state index in [9.17, 15) is 14.0 Å². The second-order valence-electron chi connectivity index (χ2n) is 6.69. The molecule has 3 aromatic rings. The van der Waals surface area contributed by atoms with Crippen molar-refractivity contribution in [3.05, 3.63) is 80.5 Å². The minimum absolute atomic E-state index is 0.0411. The van der Waals surface area contributed by atoms with Crippen LogP contribution >= 0.6 is 0 Å². The maximum absolute atomic E-state index is 13.4. The molecular weight excluding hydrogens is 347 g/mol. The van der Waals surface area contributed by atoms with E-state index in [1.165, 1.54) is 23.3 Å². The third-order valence-corrected chi connectivity index (χ3v) is 5.03. The molecule has 1 aliphatic heterocycles. The molecule has 4 rings (SSSR count). The van der Waals surface area contributed by atoms with Crippen LogP contribution in [0.1, 0.15) is 32.6 Å². The largest absolute Gasteiger partial charge is 0.422 e. The van der Waals surface area contributed by atoms with Crippen LogP contribution in [0.2, 0.25) is 0 Å². The van der Waals surface area contributed by atoms with Crippen LogP contribution in [0.25, 0.3) is 11.0 Å². The fraction of sp³-hybridized carbons (Fsp3) is 0.238. The van der Waals surface area contributed by atoms with E-state index in [1.54, 1.807) is 6.92 Å². The number of aryl methyl sites for hydroxylation is 1. The van der Waals surface area contributed by atoms with Gasteiger partial charge in [-0.15, -0.1) is 0 Å². The molecule has 2 aromatic carbocycles. The van der Waals surface area contributed by atoms with Crippen molar-refractivity contribution in [2.75, 3.05) is 6.54 Å². The van der Waals surface area contributed by atoms with Gasteiger partial charge in [0.25, 0.3) is 5.91 Å². The number of nitrogens with one attached hydrogen (secondary N) is 2. The van der Waals surface area contributed by atoms with Gasteiger partial charge in [0.1, 0.15) is 17.0 Å². The Morgan fingerprint density at radius 3 is 3.00 bits per heavy atom. The van der Waals surface area contributed by atoms with Crippen molar-refractivity contribution in [3.8, 4) is 0 Å². The van der Waals surface area contributed by atoms with Gasteiger partial charge in [-0.1, -0.05) is 18.2 Å². The number of halogens is 1. The van der Waals surface area contributed by atoms with Crippen molar-refractivity contribution in [1.29, 1.82) is 0 Å². The molecule has 0 saturated carbocycles. The topological polar surface area (TPSA) is 71.3 Å². The molecule has 0 aliphatic carbocycles. The lowest BCUT2D eigenvalue weighted by Gasteiger charge is -2.20. The predicted molar refractivity (Wildman–Crippen MR) is 100 cm³/mol. The molecule has 1 aliphatic rings. The number of hydrogen-bond donors (Lipinski definition) is 2. The number of rotatable bonds is 3. The van der Waals surface area contributed by atoms with Crippen LogP contribution < -0.4 is 16.3 Å². The lowest BCUT2D eigenvalue weighted by molar-refractivity contribution is 0.0946. The van der Waals surface area contributed by atoms with Gasteiger partial charge in [-0.05, 0) is 54.3 Å². The molecule has 1 aromatic heterocycles. The Hall–Kier alpha value is -2.99. The smallest absolute Gasteiger partial charge is 0.349 e. The van der Waals surface area contributed by atoms with E-state index in [2.05, 4.69) is 16.7 Å². The van der Waals surface area contributed by atoms with Gasteiger partial charge in [-0.2, -0.15) is 0 Å². The zero-order valence-corrected chi connectivity index (χ0v) is 14.9. The third-order valence-electron chi connectivity index (χ3n) is 5.03. The first-order chi connectivity index (χ1) is 13.0. The fourth-order valence-electron chi connectivity index (χ4n) is 3.63. The van der Waals surface area contributed by atoms with Gasteiger partial charge in [-0.25, -0.2) is 9.18 Å². The highest BCUT2D eigenvalue weighted by Crippen LogP contribution is 2.21. The molecule has 0 saturated heterocycles. The summed E-state index contributed by atoms with van der Waals surface area (Å²) in [5.41, 5.74) is 3.35. The number of fused-ring (bicyclic) bond motifs is 2. The van der Waals surface area contributed by atoms with Crippen molar-refractivity contribution >= 4 is 16.9 Å². The zero-order valence-electron chi connectivity index (χ0n) is 14.9. The quantitative estimate of drug-likeness (QED) is 0.700. The van der Waals surface area contributed by atoms with E-state index < -0.39 is 17.3 Å². The maximum Gasteiger partial charge on any atom is 0.349 e. The lowest BCUT2D eigenvalue weighted by atomic mass is 9.95. The number of benzene rings is 2. The van der Waals surface area contributed by atoms with Crippen LogP contribution in [0, 0.1) is 12.7 Å². The molecule has 1 amide bonds. The molecule has 0 radical (unpaired) electrons. The Balaban J connectivity index is 1.63. The first-order valence-electron chi connectivity index (χ1n) is 8.86. The molecule has 2 heterocycles. The Kier molecular flexibility index (Phi) is 4.49. The van der Waals surface area contributed by atoms with Crippen LogP contribution in [0.5, 0.6) is 0 Å². The van der Waals surface area contributed by atoms with Gasteiger partial charge in [0.15, 0.2) is 0 Å². The molecular formula is C21H19FN2O3. The SMILES string of the molecule is Cc1c(C(=O)NCc2cccc3c2CCNC3)c(=O)oc2cc(F)ccc12. The Morgan fingerprint density at radius 1 is 1.30 bits per heavy atom. The fourth-order valence-corrected chi connectivity index (χ4v) is 3.63. The van der Waals surface area contributed by atoms with Gasteiger partial charge in [0.2, 0.25) is 0 Å². The van der Waals surface area contributed by atoms with E-state index >= 15 is 0 Å². The summed E-state index contributed by atoms with van der Waals surface area (Å²) in [6, 6.07) is 9.98. The van der Waals surface area contributed by atoms with Crippen molar-refractivity contribution < 1.29 is 13.6 Å². The molecule has 0 unspecified atom stereocenters. The van der Waals surface area contributed by atoms with Crippen LogP contribution in [0.3, 0.4) is 0 Å². The van der Waals surface area contributed by atoms with Crippen molar-refractivity contribution in [1.82, 2.24) is 10.6 Å². The molecule has 6 heteroatoms. The molecule has 0 fully saturated rings. The standard InChI is InChI=1S/C21H19FN2O3/c1-12-16-6-5-15(22)9-18(16)27-21(26)19(12)20(25)24-11-14-4-2-3-13-10-23-8-7-17(13)14/h2-6,9,23H,7-8,10-11H2,1H3,(H,24,25). The average Bonchev–Trinajstić information content (AvgIpc) is 2.66. The highest BCUT2D eigenvalue weighted by molar-refractivity contribution is 5.99. The molecule has 0 atom stereocenters. The minimum Gasteiger partial charge on any atom is -0.422 e. The Labute approximate surface area is 155 Å². The third kappa shape index (κ3) is 3.24. The zero-order chi connectivity index (χ0) is 19.0. The first-order valence-corrected chi connectivity index (χ1v) is 8.86. The summed E-state index contributed by atoms with van der Waals surface area (Å²) in [5, 5.41) is 6.70. The first kappa shape index (κ1) is 17.4. The van der Waals surface area contributed by atoms with Gasteiger partial charge < -0.3 is 15.1 Å². The van der Waals surface area contributed by atoms with Crippen LogP contribution in [0.4, 0.5) is 4.39 Å². The second kappa shape index (κ2) is 6.96. The second-order valence-corrected chi connectivity index (χ2v) is 6.69. The predicted octanol–water partition coefficient (Wildman–Crippen LogP) is 2.82. The summed E-state index contributed by atoms with van der Waals surface area (Å²) >= 11 is 0. The normalized spacial score (nSPS) is 13.4. The van der Waals surface area contributed by atoms with Crippen LogP contribution in [-0.2, 0) is 19.5 Å². The van der Waals surface area contributed by atoms with Crippen molar-refractivity contribution in [2.24, 2.45) is 0 Å². The molecule has 2 N–H and O–H groups in total. The molecule has 5 nitrogen and oxygen atoms in total. The van der Waals surface area contributed by atoms with E-state index in [1.807, 2.05) is 12.1 Å². The van der Waals surface area contributed by atoms with E-state index in [0.717, 1.165) is 31.1 Å². The monoisotopic (exact) mass is 366 g/mol. The van der Waals surface area contributed by atoms with Gasteiger partial charge >= 0.3 is 5.63 Å². The Bertz CT molecular complexity index is 1100. The number of hydrogen-bond acceptors (Lipinski definition) is 4. The van der Waals surface area contributed by atoms with E-state index in [0.29, 0.717) is 17.5 Å². The van der Waals surface area contributed by atoms with Crippen LogP contribution in [0.15, 0.2) is 45.6 Å². The highest BCUT2D eigenvalue weighted by atomic mass is 19.1. The summed E-state index contributed by atoms with van der Waals surface area (Å²) < 4.78 is 18.5. The summed E-state index contributed by atoms with van der Waals surface area (Å²) in [6.45, 7) is 3.73. The van der Waals surface area contributed by atoms with Crippen molar-refractivity contribution in [2.45, 2.75) is 26.4 Å². The minimum atomic E-state index is -0.762. The van der Waals surface area contributed by atoms with Crippen LogP contribution in [-0.4, -0.2) is 12.5 Å². The number of carbonyl (C=O) groups excluding carboxylic acids is 1. The number of amides is 1. The molecule has 0 spiro atoms. The molecule has 27 heavy (non-hydrogen) atoms. The van der Waals surface area contributed by atoms with Gasteiger partial charge in [0.05, 0.1) is 0 Å². The van der Waals surface area contributed by atoms with Gasteiger partial charge in [-0.3, -0.25) is 4.79 Å². The summed E-state index contributed by atoms with van der Waals surface area (Å²) in [6.07, 6.45) is 0.907. The summed E-state index contributed by atoms with van der Waals surface area (Å²) in [5.74, 6) is -0.982. The van der Waals surface area contributed by atoms with E-state index in [4.69, 9.17) is 4.42 Å². The van der Waals surface area contributed by atoms with Gasteiger partial charge in [0, 0.05) is 24.5 Å². The van der Waals surface area contributed by atoms with E-state index in [-0.39, 0.29) is 11.1 Å². The highest BCUT2D eigenvalue weighted by Gasteiger charge is 2.19. The molecule has 0 bridgehead atoms. The summed E-state index contributed by atoms with van der Waals surface area (Å²) in [7, 11) is 0. The maximum atomic E-state index is 13.4.